The van der Waals surface area contributed by atoms with Crippen LogP contribution in [0.1, 0.15) is 41.7 Å². The second kappa shape index (κ2) is 9.68. The molecule has 0 radical (unpaired) electrons. The van der Waals surface area contributed by atoms with Crippen molar-refractivity contribution in [2.24, 2.45) is 0 Å². The first-order chi connectivity index (χ1) is 15.1. The number of halogens is 3. The number of rotatable bonds is 8. The third-order valence-corrected chi connectivity index (χ3v) is 5.79. The van der Waals surface area contributed by atoms with Crippen molar-refractivity contribution in [3.8, 4) is 17.2 Å². The van der Waals surface area contributed by atoms with E-state index in [4.69, 9.17) is 14.3 Å². The molecule has 5 nitrogen and oxygen atoms in total. The van der Waals surface area contributed by atoms with Crippen molar-refractivity contribution < 1.29 is 32.2 Å². The van der Waals surface area contributed by atoms with Crippen LogP contribution >= 0.6 is 11.8 Å². The van der Waals surface area contributed by atoms with Crippen LogP contribution in [0.25, 0.3) is 11.5 Å². The zero-order valence-electron chi connectivity index (χ0n) is 17.7. The molecule has 0 aliphatic carbocycles. The molecule has 0 saturated carbocycles. The predicted molar refractivity (Wildman–Crippen MR) is 115 cm³/mol. The quantitative estimate of drug-likeness (QED) is 0.381. The standard InChI is InChI=1S/C23H22F3NO4S/c1-4-18-21(31-22(27-18)15-5-7-16(8-6-15)23(24,25)26)14(3)32-17-9-10-19(13(2)11-17)30-12-20(28)29/h5-11,14H,4,12H2,1-3H3,(H,28,29)/t14-/m1/s1. The molecule has 1 heterocycles. The molecule has 170 valence electrons. The van der Waals surface area contributed by atoms with E-state index >= 15 is 0 Å². The average Bonchev–Trinajstić information content (AvgIpc) is 3.17. The molecular formula is C23H22F3NO4S. The summed E-state index contributed by atoms with van der Waals surface area (Å²) < 4.78 is 49.7. The van der Waals surface area contributed by atoms with Gasteiger partial charge >= 0.3 is 12.1 Å². The molecule has 0 saturated heterocycles. The first-order valence-corrected chi connectivity index (χ1v) is 10.8. The van der Waals surface area contributed by atoms with Gasteiger partial charge in [-0.3, -0.25) is 0 Å². The fourth-order valence-corrected chi connectivity index (χ4v) is 4.20. The van der Waals surface area contributed by atoms with E-state index in [1.165, 1.54) is 23.9 Å². The number of ether oxygens (including phenoxy) is 1. The Morgan fingerprint density at radius 1 is 1.22 bits per heavy atom. The monoisotopic (exact) mass is 465 g/mol. The minimum absolute atomic E-state index is 0.106. The maximum absolute atomic E-state index is 12.8. The lowest BCUT2D eigenvalue weighted by atomic mass is 10.1. The molecule has 32 heavy (non-hydrogen) atoms. The van der Waals surface area contributed by atoms with Crippen LogP contribution < -0.4 is 4.74 Å². The SMILES string of the molecule is CCc1nc(-c2ccc(C(F)(F)F)cc2)oc1[C@@H](C)Sc1ccc(OCC(=O)O)c(C)c1. The number of aryl methyl sites for hydroxylation is 2. The smallest absolute Gasteiger partial charge is 0.416 e. The van der Waals surface area contributed by atoms with Crippen LogP contribution in [-0.2, 0) is 17.4 Å². The fourth-order valence-electron chi connectivity index (χ4n) is 3.11. The van der Waals surface area contributed by atoms with Crippen molar-refractivity contribution in [2.45, 2.75) is 43.5 Å². The molecule has 9 heteroatoms. The number of aliphatic carboxylic acids is 1. The minimum atomic E-state index is -4.40. The van der Waals surface area contributed by atoms with Crippen LogP contribution in [0.2, 0.25) is 0 Å². The maximum Gasteiger partial charge on any atom is 0.416 e. The van der Waals surface area contributed by atoms with E-state index in [1.807, 2.05) is 32.9 Å². The molecule has 0 amide bonds. The summed E-state index contributed by atoms with van der Waals surface area (Å²) >= 11 is 1.53. The van der Waals surface area contributed by atoms with Crippen molar-refractivity contribution in [1.82, 2.24) is 4.98 Å². The Labute approximate surface area is 187 Å². The van der Waals surface area contributed by atoms with E-state index < -0.39 is 24.3 Å². The van der Waals surface area contributed by atoms with Crippen LogP contribution in [0.15, 0.2) is 51.8 Å². The van der Waals surface area contributed by atoms with Crippen LogP contribution in [-0.4, -0.2) is 22.7 Å². The number of aromatic nitrogens is 1. The molecule has 1 N–H and O–H groups in total. The van der Waals surface area contributed by atoms with Gasteiger partial charge < -0.3 is 14.3 Å². The van der Waals surface area contributed by atoms with Gasteiger partial charge in [-0.05, 0) is 68.3 Å². The summed E-state index contributed by atoms with van der Waals surface area (Å²) in [6.45, 7) is 5.33. The van der Waals surface area contributed by atoms with Gasteiger partial charge in [-0.25, -0.2) is 9.78 Å². The molecule has 0 spiro atoms. The van der Waals surface area contributed by atoms with Crippen LogP contribution in [0.3, 0.4) is 0 Å². The van der Waals surface area contributed by atoms with Crippen LogP contribution in [0, 0.1) is 6.92 Å². The van der Waals surface area contributed by atoms with E-state index in [2.05, 4.69) is 4.98 Å². The van der Waals surface area contributed by atoms with Crippen molar-refractivity contribution in [3.63, 3.8) is 0 Å². The van der Waals surface area contributed by atoms with Gasteiger partial charge in [-0.2, -0.15) is 13.2 Å². The Bertz CT molecular complexity index is 1090. The summed E-state index contributed by atoms with van der Waals surface area (Å²) in [6, 6.07) is 10.2. The van der Waals surface area contributed by atoms with Gasteiger partial charge in [0, 0.05) is 10.5 Å². The Balaban J connectivity index is 1.78. The van der Waals surface area contributed by atoms with E-state index in [9.17, 15) is 18.0 Å². The van der Waals surface area contributed by atoms with Gasteiger partial charge in [0.05, 0.1) is 16.5 Å². The number of thioether (sulfide) groups is 1. The highest BCUT2D eigenvalue weighted by molar-refractivity contribution is 7.99. The number of carboxylic acids is 1. The molecule has 2 aromatic carbocycles. The molecule has 3 rings (SSSR count). The number of hydrogen-bond acceptors (Lipinski definition) is 5. The molecule has 3 aromatic rings. The van der Waals surface area contributed by atoms with E-state index in [1.54, 1.807) is 6.07 Å². The summed E-state index contributed by atoms with van der Waals surface area (Å²) in [7, 11) is 0. The van der Waals surface area contributed by atoms with Gasteiger partial charge in [-0.15, -0.1) is 11.8 Å². The first kappa shape index (κ1) is 23.7. The van der Waals surface area contributed by atoms with Gasteiger partial charge in [0.15, 0.2) is 6.61 Å². The lowest BCUT2D eigenvalue weighted by Crippen LogP contribution is -2.10. The third-order valence-electron chi connectivity index (χ3n) is 4.70. The van der Waals surface area contributed by atoms with E-state index in [0.29, 0.717) is 23.5 Å². The second-order valence-corrected chi connectivity index (χ2v) is 8.54. The summed E-state index contributed by atoms with van der Waals surface area (Å²) in [4.78, 5) is 16.1. The van der Waals surface area contributed by atoms with Gasteiger partial charge in [0.2, 0.25) is 5.89 Å². The van der Waals surface area contributed by atoms with Crippen LogP contribution in [0.5, 0.6) is 5.75 Å². The van der Waals surface area contributed by atoms with Crippen molar-refractivity contribution in [3.05, 3.63) is 65.0 Å². The highest BCUT2D eigenvalue weighted by atomic mass is 32.2. The van der Waals surface area contributed by atoms with Crippen molar-refractivity contribution in [2.75, 3.05) is 6.61 Å². The van der Waals surface area contributed by atoms with Crippen LogP contribution in [0.4, 0.5) is 13.2 Å². The predicted octanol–water partition coefficient (Wildman–Crippen LogP) is 6.55. The zero-order valence-corrected chi connectivity index (χ0v) is 18.5. The highest BCUT2D eigenvalue weighted by Crippen LogP contribution is 2.40. The third kappa shape index (κ3) is 5.64. The summed E-state index contributed by atoms with van der Waals surface area (Å²) in [6.07, 6.45) is -3.78. The Kier molecular flexibility index (Phi) is 7.18. The number of hydrogen-bond donors (Lipinski definition) is 1. The average molecular weight is 465 g/mol. The number of nitrogens with zero attached hydrogens (tertiary/aromatic N) is 1. The van der Waals surface area contributed by atoms with E-state index in [0.717, 1.165) is 28.3 Å². The van der Waals surface area contributed by atoms with Crippen molar-refractivity contribution in [1.29, 1.82) is 0 Å². The lowest BCUT2D eigenvalue weighted by molar-refractivity contribution is -0.139. The molecule has 1 aromatic heterocycles. The molecule has 0 aliphatic rings. The normalized spacial score (nSPS) is 12.6. The number of benzene rings is 2. The Morgan fingerprint density at radius 2 is 1.91 bits per heavy atom. The lowest BCUT2D eigenvalue weighted by Gasteiger charge is -2.12. The summed E-state index contributed by atoms with van der Waals surface area (Å²) in [5.74, 6) is 0.406. The summed E-state index contributed by atoms with van der Waals surface area (Å²) in [5, 5.41) is 8.65. The largest absolute Gasteiger partial charge is 0.482 e. The highest BCUT2D eigenvalue weighted by Gasteiger charge is 2.30. The minimum Gasteiger partial charge on any atom is -0.482 e. The molecule has 0 fully saturated rings. The molecule has 0 aliphatic heterocycles. The first-order valence-electron chi connectivity index (χ1n) is 9.87. The van der Waals surface area contributed by atoms with Gasteiger partial charge in [0.25, 0.3) is 0 Å². The Hall–Kier alpha value is -2.94. The Morgan fingerprint density at radius 3 is 2.47 bits per heavy atom. The fraction of sp³-hybridized carbons (Fsp3) is 0.304. The number of carboxylic acid groups (broad SMARTS) is 1. The van der Waals surface area contributed by atoms with Crippen molar-refractivity contribution >= 4 is 17.7 Å². The molecule has 0 unspecified atom stereocenters. The van der Waals surface area contributed by atoms with E-state index in [-0.39, 0.29) is 11.1 Å². The number of oxazole rings is 1. The van der Waals surface area contributed by atoms with Gasteiger partial charge in [-0.1, -0.05) is 6.92 Å². The topological polar surface area (TPSA) is 72.6 Å². The molecule has 0 bridgehead atoms. The zero-order chi connectivity index (χ0) is 23.5. The van der Waals surface area contributed by atoms with Gasteiger partial charge in [0.1, 0.15) is 11.5 Å². The maximum atomic E-state index is 12.8. The molecule has 1 atom stereocenters. The summed E-state index contributed by atoms with van der Waals surface area (Å²) in [5.41, 5.74) is 1.31. The molecular weight excluding hydrogens is 443 g/mol. The second-order valence-electron chi connectivity index (χ2n) is 7.13. The number of alkyl halides is 3. The number of carbonyl (C=O) groups is 1.